The fourth-order valence-electron chi connectivity index (χ4n) is 2.78. The van der Waals surface area contributed by atoms with E-state index in [0.717, 1.165) is 24.5 Å². The van der Waals surface area contributed by atoms with E-state index in [9.17, 15) is 27.5 Å². The highest BCUT2D eigenvalue weighted by molar-refractivity contribution is 6.31. The summed E-state index contributed by atoms with van der Waals surface area (Å²) in [6, 6.07) is 4.94. The van der Waals surface area contributed by atoms with Crippen LogP contribution in [0.2, 0.25) is 5.02 Å². The number of ether oxygens (including phenoxy) is 2. The molecule has 0 atom stereocenters. The molecule has 1 aromatic carbocycles. The summed E-state index contributed by atoms with van der Waals surface area (Å²) in [4.78, 5) is 20.0. The molecule has 10 nitrogen and oxygen atoms in total. The first kappa shape index (κ1) is 31.8. The van der Waals surface area contributed by atoms with Gasteiger partial charge < -0.3 is 25.6 Å². The average Bonchev–Trinajstić information content (AvgIpc) is 2.89. The first-order valence-corrected chi connectivity index (χ1v) is 11.4. The van der Waals surface area contributed by atoms with E-state index in [-0.39, 0.29) is 52.5 Å². The molecule has 0 bridgehead atoms. The summed E-state index contributed by atoms with van der Waals surface area (Å²) in [6.07, 6.45) is -0.985. The molecule has 0 aliphatic rings. The number of aromatic nitrogens is 1. The van der Waals surface area contributed by atoms with Crippen molar-refractivity contribution in [1.29, 1.82) is 0 Å². The van der Waals surface area contributed by atoms with Crippen LogP contribution in [0.15, 0.2) is 78.1 Å². The Morgan fingerprint density at radius 1 is 1.30 bits per heavy atom. The lowest BCUT2D eigenvalue weighted by atomic mass is 10.1. The largest absolute Gasteiger partial charge is 0.477 e. The van der Waals surface area contributed by atoms with Crippen LogP contribution in [0.1, 0.15) is 15.9 Å². The maximum atomic E-state index is 13.4. The zero-order valence-corrected chi connectivity index (χ0v) is 21.8. The topological polar surface area (TPSA) is 148 Å². The second-order valence-corrected chi connectivity index (χ2v) is 8.13. The van der Waals surface area contributed by atoms with E-state index in [0.29, 0.717) is 16.8 Å². The Kier molecular flexibility index (Phi) is 11.2. The highest BCUT2D eigenvalue weighted by Gasteiger charge is 2.30. The van der Waals surface area contributed by atoms with E-state index >= 15 is 0 Å². The molecule has 0 fully saturated rings. The normalized spacial score (nSPS) is 12.4. The molecule has 0 unspecified atom stereocenters. The van der Waals surface area contributed by atoms with Gasteiger partial charge in [0.05, 0.1) is 11.6 Å². The number of anilines is 1. The van der Waals surface area contributed by atoms with Crippen LogP contribution in [0.4, 0.5) is 23.2 Å². The number of hydrazine groups is 1. The minimum absolute atomic E-state index is 0.00322. The summed E-state index contributed by atoms with van der Waals surface area (Å²) in [7, 11) is 1.43. The number of nitrogens with zero attached hydrogens (tertiary/aromatic N) is 3. The Hall–Kier alpha value is -4.40. The molecule has 2 aromatic rings. The Bertz CT molecular complexity index is 1360. The minimum Gasteiger partial charge on any atom is -0.477 e. The van der Waals surface area contributed by atoms with Crippen LogP contribution in [0, 0.1) is 5.82 Å². The highest BCUT2D eigenvalue weighted by Crippen LogP contribution is 2.26. The highest BCUT2D eigenvalue weighted by atomic mass is 35.5. The molecule has 0 spiro atoms. The molecular formula is C25H25ClF4N6O4. The predicted molar refractivity (Wildman–Crippen MR) is 143 cm³/mol. The van der Waals surface area contributed by atoms with Crippen LogP contribution in [0.3, 0.4) is 0 Å². The second kappa shape index (κ2) is 14.1. The predicted octanol–water partition coefficient (Wildman–Crippen LogP) is 4.69. The van der Waals surface area contributed by atoms with E-state index in [1.807, 2.05) is 0 Å². The molecule has 214 valence electrons. The van der Waals surface area contributed by atoms with Crippen LogP contribution >= 0.6 is 11.6 Å². The molecule has 1 aromatic heterocycles. The average molecular weight is 585 g/mol. The van der Waals surface area contributed by atoms with Crippen molar-refractivity contribution in [2.24, 2.45) is 16.6 Å². The van der Waals surface area contributed by atoms with Crippen molar-refractivity contribution < 1.29 is 36.9 Å². The molecule has 0 amide bonds. The van der Waals surface area contributed by atoms with Crippen LogP contribution in [-0.4, -0.2) is 53.8 Å². The molecule has 1 heterocycles. The van der Waals surface area contributed by atoms with Crippen molar-refractivity contribution in [3.8, 4) is 5.88 Å². The van der Waals surface area contributed by atoms with Crippen molar-refractivity contribution in [2.75, 3.05) is 25.6 Å². The molecule has 0 radical (unpaired) electrons. The van der Waals surface area contributed by atoms with Gasteiger partial charge >= 0.3 is 12.1 Å². The third-order valence-electron chi connectivity index (χ3n) is 4.83. The number of halogens is 5. The molecule has 2 rings (SSSR count). The quantitative estimate of drug-likeness (QED) is 0.0657. The third-order valence-corrected chi connectivity index (χ3v) is 5.12. The summed E-state index contributed by atoms with van der Waals surface area (Å²) in [5.41, 5.74) is 4.92. The zero-order valence-electron chi connectivity index (χ0n) is 21.0. The standard InChI is InChI=1S/C25H25ClF4N6O4/c1-14(25(28,29)30)6-7-36(32)22(31)19(13-33-15(2)35-17-4-5-21(27)20(26)11-17)16-10-18(24(37)38)23(34-12-16)40-9-8-39-3/h4-7,10-13,35H,1-2,8-9,31-32H2,3H3,(H,37,38)/b7-6-,22-19-,33-13-. The van der Waals surface area contributed by atoms with Gasteiger partial charge in [0.1, 0.15) is 29.6 Å². The van der Waals surface area contributed by atoms with Gasteiger partial charge in [-0.15, -0.1) is 0 Å². The summed E-state index contributed by atoms with van der Waals surface area (Å²) in [5, 5.41) is 12.9. The van der Waals surface area contributed by atoms with Crippen molar-refractivity contribution in [3.63, 3.8) is 0 Å². The number of hydrogen-bond acceptors (Lipinski definition) is 9. The Morgan fingerprint density at radius 3 is 2.60 bits per heavy atom. The van der Waals surface area contributed by atoms with Gasteiger partial charge in [-0.25, -0.2) is 25.0 Å². The summed E-state index contributed by atoms with van der Waals surface area (Å²) in [5.74, 6) is 3.26. The smallest absolute Gasteiger partial charge is 0.415 e. The molecule has 0 saturated heterocycles. The van der Waals surface area contributed by atoms with Gasteiger partial charge in [-0.05, 0) is 30.3 Å². The van der Waals surface area contributed by atoms with E-state index < -0.39 is 23.5 Å². The molecular weight excluding hydrogens is 560 g/mol. The molecule has 15 heteroatoms. The number of carbonyl (C=O) groups is 1. The van der Waals surface area contributed by atoms with Crippen molar-refractivity contribution in [3.05, 3.63) is 95.1 Å². The van der Waals surface area contributed by atoms with Gasteiger partial charge in [0.15, 0.2) is 0 Å². The molecule has 0 saturated carbocycles. The van der Waals surface area contributed by atoms with Gasteiger partial charge in [-0.3, -0.25) is 5.01 Å². The molecule has 0 aliphatic carbocycles. The van der Waals surface area contributed by atoms with Gasteiger partial charge in [-0.2, -0.15) is 13.2 Å². The van der Waals surface area contributed by atoms with Gasteiger partial charge in [-0.1, -0.05) is 24.8 Å². The maximum absolute atomic E-state index is 13.4. The second-order valence-electron chi connectivity index (χ2n) is 7.73. The number of aliphatic imine (C=N–C) groups is 1. The van der Waals surface area contributed by atoms with E-state index in [2.05, 4.69) is 28.5 Å². The number of carboxylic acid groups (broad SMARTS) is 1. The summed E-state index contributed by atoms with van der Waals surface area (Å²) >= 11 is 5.77. The fourth-order valence-corrected chi connectivity index (χ4v) is 2.96. The molecule has 6 N–H and O–H groups in total. The van der Waals surface area contributed by atoms with E-state index in [1.54, 1.807) is 0 Å². The third kappa shape index (κ3) is 9.11. The number of carboxylic acids is 1. The maximum Gasteiger partial charge on any atom is 0.415 e. The van der Waals surface area contributed by atoms with Gasteiger partial charge in [0, 0.05) is 48.1 Å². The number of nitrogens with two attached hydrogens (primary N) is 2. The number of allylic oxidation sites excluding steroid dienone is 3. The number of nitrogens with one attached hydrogen (secondary N) is 1. The monoisotopic (exact) mass is 584 g/mol. The number of hydrogen-bond donors (Lipinski definition) is 4. The number of alkyl halides is 3. The number of methoxy groups -OCH3 is 1. The molecule has 40 heavy (non-hydrogen) atoms. The summed E-state index contributed by atoms with van der Waals surface area (Å²) < 4.78 is 62.1. The van der Waals surface area contributed by atoms with Crippen molar-refractivity contribution in [2.45, 2.75) is 6.18 Å². The molecule has 0 aliphatic heterocycles. The first-order chi connectivity index (χ1) is 18.7. The Balaban J connectivity index is 2.51. The van der Waals surface area contributed by atoms with Crippen molar-refractivity contribution in [1.82, 2.24) is 9.99 Å². The number of benzene rings is 1. The SMILES string of the molecule is C=C(/N=C\C(=C(/N)N(N)/C=C\C(=C)C(F)(F)F)c1cnc(OCCOC)c(C(=O)O)c1)Nc1ccc(F)c(Cl)c1. The lowest BCUT2D eigenvalue weighted by molar-refractivity contribution is -0.0879. The lowest BCUT2D eigenvalue weighted by Gasteiger charge is -2.18. The van der Waals surface area contributed by atoms with E-state index in [4.69, 9.17) is 32.7 Å². The number of rotatable bonds is 13. The van der Waals surface area contributed by atoms with Crippen LogP contribution < -0.4 is 21.6 Å². The van der Waals surface area contributed by atoms with Gasteiger partial charge in [0.25, 0.3) is 0 Å². The minimum atomic E-state index is -4.70. The summed E-state index contributed by atoms with van der Waals surface area (Å²) in [6.45, 7) is 6.81. The van der Waals surface area contributed by atoms with Crippen LogP contribution in [-0.2, 0) is 4.74 Å². The lowest BCUT2D eigenvalue weighted by Crippen LogP contribution is -2.31. The van der Waals surface area contributed by atoms with Gasteiger partial charge in [0.2, 0.25) is 5.88 Å². The van der Waals surface area contributed by atoms with E-state index in [1.165, 1.54) is 25.4 Å². The Labute approximate surface area is 231 Å². The zero-order chi connectivity index (χ0) is 30.0. The van der Waals surface area contributed by atoms with Crippen LogP contribution in [0.5, 0.6) is 5.88 Å². The van der Waals surface area contributed by atoms with Crippen LogP contribution in [0.25, 0.3) is 5.57 Å². The number of pyridine rings is 1. The number of aromatic carboxylic acids is 1. The fraction of sp³-hybridized carbons (Fsp3) is 0.160. The van der Waals surface area contributed by atoms with Crippen molar-refractivity contribution >= 4 is 35.0 Å². The first-order valence-electron chi connectivity index (χ1n) is 11.0. The Morgan fingerprint density at radius 2 is 2.00 bits per heavy atom.